The highest BCUT2D eigenvalue weighted by Crippen LogP contribution is 2.38. The molecule has 1 aliphatic carbocycles. The number of hydrogen-bond donors (Lipinski definition) is 2. The lowest BCUT2D eigenvalue weighted by atomic mass is 9.87. The number of aromatic nitrogens is 2. The summed E-state index contributed by atoms with van der Waals surface area (Å²) in [5.41, 5.74) is -0.617. The minimum Gasteiger partial charge on any atom is -0.477 e. The van der Waals surface area contributed by atoms with Crippen LogP contribution >= 0.6 is 0 Å². The van der Waals surface area contributed by atoms with Crippen molar-refractivity contribution in [3.8, 4) is 0 Å². The third-order valence-electron chi connectivity index (χ3n) is 3.59. The van der Waals surface area contributed by atoms with Gasteiger partial charge in [0.1, 0.15) is 11.4 Å². The van der Waals surface area contributed by atoms with Gasteiger partial charge in [0, 0.05) is 5.41 Å². The number of aromatic carboxylic acids is 1. The minimum atomic E-state index is -1.22. The molecule has 92 valence electrons. The molecule has 0 atom stereocenters. The summed E-state index contributed by atoms with van der Waals surface area (Å²) in [5, 5.41) is 8.91. The van der Waals surface area contributed by atoms with Crippen molar-refractivity contribution in [3.63, 3.8) is 0 Å². The molecule has 1 fully saturated rings. The first-order valence-corrected chi connectivity index (χ1v) is 5.79. The SMILES string of the molecule is Cc1nc(C2(C)CCCC2)[nH]c(=O)c1C(=O)O. The van der Waals surface area contributed by atoms with Crippen LogP contribution in [0.4, 0.5) is 0 Å². The average Bonchev–Trinajstić information content (AvgIpc) is 2.64. The lowest BCUT2D eigenvalue weighted by Crippen LogP contribution is -2.29. The van der Waals surface area contributed by atoms with E-state index in [0.29, 0.717) is 11.5 Å². The van der Waals surface area contributed by atoms with E-state index in [-0.39, 0.29) is 11.0 Å². The molecule has 0 aliphatic heterocycles. The van der Waals surface area contributed by atoms with Crippen LogP contribution in [0, 0.1) is 6.92 Å². The number of carboxylic acids is 1. The van der Waals surface area contributed by atoms with Gasteiger partial charge in [-0.3, -0.25) is 4.79 Å². The maximum Gasteiger partial charge on any atom is 0.343 e. The van der Waals surface area contributed by atoms with Gasteiger partial charge >= 0.3 is 5.97 Å². The molecule has 5 nitrogen and oxygen atoms in total. The van der Waals surface area contributed by atoms with Crippen molar-refractivity contribution >= 4 is 5.97 Å². The number of hydrogen-bond acceptors (Lipinski definition) is 3. The fourth-order valence-corrected chi connectivity index (χ4v) is 2.52. The topological polar surface area (TPSA) is 83.0 Å². The Kier molecular flexibility index (Phi) is 2.77. The number of H-pyrrole nitrogens is 1. The van der Waals surface area contributed by atoms with E-state index < -0.39 is 11.5 Å². The number of carboxylic acid groups (broad SMARTS) is 1. The van der Waals surface area contributed by atoms with Crippen LogP contribution in [0.3, 0.4) is 0 Å². The van der Waals surface area contributed by atoms with Crippen molar-refractivity contribution in [1.82, 2.24) is 9.97 Å². The van der Waals surface area contributed by atoms with Gasteiger partial charge in [-0.1, -0.05) is 19.8 Å². The Morgan fingerprint density at radius 3 is 2.47 bits per heavy atom. The molecule has 1 saturated carbocycles. The zero-order valence-corrected chi connectivity index (χ0v) is 10.0. The molecule has 0 radical (unpaired) electrons. The fraction of sp³-hybridized carbons (Fsp3) is 0.583. The average molecular weight is 236 g/mol. The van der Waals surface area contributed by atoms with Crippen LogP contribution in [-0.4, -0.2) is 21.0 Å². The van der Waals surface area contributed by atoms with E-state index in [0.717, 1.165) is 25.7 Å². The van der Waals surface area contributed by atoms with E-state index >= 15 is 0 Å². The van der Waals surface area contributed by atoms with Crippen LogP contribution < -0.4 is 5.56 Å². The van der Waals surface area contributed by atoms with Gasteiger partial charge in [-0.15, -0.1) is 0 Å². The van der Waals surface area contributed by atoms with Crippen LogP contribution in [0.1, 0.15) is 54.5 Å². The molecule has 0 unspecified atom stereocenters. The first-order chi connectivity index (χ1) is 7.94. The standard InChI is InChI=1S/C12H16N2O3/c1-7-8(10(16)17)9(15)14-11(13-7)12(2)5-3-4-6-12/h3-6H2,1-2H3,(H,16,17)(H,13,14,15). The molecule has 0 bridgehead atoms. The van der Waals surface area contributed by atoms with Gasteiger partial charge in [-0.25, -0.2) is 9.78 Å². The highest BCUT2D eigenvalue weighted by Gasteiger charge is 2.33. The molecule has 5 heteroatoms. The molecule has 0 spiro atoms. The highest BCUT2D eigenvalue weighted by atomic mass is 16.4. The summed E-state index contributed by atoms with van der Waals surface area (Å²) in [4.78, 5) is 29.5. The second-order valence-electron chi connectivity index (χ2n) is 4.95. The molecule has 1 aliphatic rings. The molecule has 1 aromatic rings. The van der Waals surface area contributed by atoms with E-state index in [1.807, 2.05) is 0 Å². The lowest BCUT2D eigenvalue weighted by Gasteiger charge is -2.22. The highest BCUT2D eigenvalue weighted by molar-refractivity contribution is 5.88. The maximum absolute atomic E-state index is 11.7. The summed E-state index contributed by atoms with van der Waals surface area (Å²) in [6.45, 7) is 3.64. The van der Waals surface area contributed by atoms with Crippen LogP contribution in [0.25, 0.3) is 0 Å². The second-order valence-corrected chi connectivity index (χ2v) is 4.95. The number of nitrogens with zero attached hydrogens (tertiary/aromatic N) is 1. The third-order valence-corrected chi connectivity index (χ3v) is 3.59. The lowest BCUT2D eigenvalue weighted by molar-refractivity contribution is 0.0693. The predicted octanol–water partition coefficient (Wildman–Crippen LogP) is 1.61. The fourth-order valence-electron chi connectivity index (χ4n) is 2.52. The molecule has 1 heterocycles. The Hall–Kier alpha value is -1.65. The first kappa shape index (κ1) is 11.8. The van der Waals surface area contributed by atoms with Crippen molar-refractivity contribution in [2.45, 2.75) is 44.9 Å². The molecule has 0 aromatic carbocycles. The predicted molar refractivity (Wildman–Crippen MR) is 62.4 cm³/mol. The summed E-state index contributed by atoms with van der Waals surface area (Å²) in [6.07, 6.45) is 4.23. The monoisotopic (exact) mass is 236 g/mol. The minimum absolute atomic E-state index is 0.110. The number of aryl methyl sites for hydroxylation is 1. The zero-order chi connectivity index (χ0) is 12.6. The first-order valence-electron chi connectivity index (χ1n) is 5.79. The normalized spacial score (nSPS) is 18.2. The van der Waals surface area contributed by atoms with Gasteiger partial charge in [-0.05, 0) is 19.8 Å². The van der Waals surface area contributed by atoms with Gasteiger partial charge in [0.15, 0.2) is 0 Å². The van der Waals surface area contributed by atoms with Crippen molar-refractivity contribution in [1.29, 1.82) is 0 Å². The number of rotatable bonds is 2. The van der Waals surface area contributed by atoms with Crippen LogP contribution in [-0.2, 0) is 5.41 Å². The van der Waals surface area contributed by atoms with E-state index in [1.165, 1.54) is 0 Å². The Labute approximate surface area is 98.9 Å². The van der Waals surface area contributed by atoms with Crippen molar-refractivity contribution in [2.75, 3.05) is 0 Å². The number of carbonyl (C=O) groups is 1. The third kappa shape index (κ3) is 1.97. The van der Waals surface area contributed by atoms with Crippen LogP contribution in [0.2, 0.25) is 0 Å². The van der Waals surface area contributed by atoms with Gasteiger partial charge in [-0.2, -0.15) is 0 Å². The largest absolute Gasteiger partial charge is 0.477 e. The summed E-state index contributed by atoms with van der Waals surface area (Å²) in [6, 6.07) is 0. The molecule has 17 heavy (non-hydrogen) atoms. The Morgan fingerprint density at radius 1 is 1.41 bits per heavy atom. The molecule has 2 rings (SSSR count). The van der Waals surface area contributed by atoms with Crippen molar-refractivity contribution < 1.29 is 9.90 Å². The van der Waals surface area contributed by atoms with E-state index in [9.17, 15) is 9.59 Å². The van der Waals surface area contributed by atoms with Gasteiger partial charge in [0.2, 0.25) is 0 Å². The van der Waals surface area contributed by atoms with Crippen LogP contribution in [0.5, 0.6) is 0 Å². The summed E-state index contributed by atoms with van der Waals surface area (Å²) in [5.74, 6) is -0.595. The van der Waals surface area contributed by atoms with E-state index in [4.69, 9.17) is 5.11 Å². The van der Waals surface area contributed by atoms with Gasteiger partial charge in [0.05, 0.1) is 5.69 Å². The Balaban J connectivity index is 2.53. The molecule has 0 saturated heterocycles. The van der Waals surface area contributed by atoms with Crippen LogP contribution in [0.15, 0.2) is 4.79 Å². The molecular formula is C12H16N2O3. The summed E-state index contributed by atoms with van der Waals surface area (Å²) >= 11 is 0. The zero-order valence-electron chi connectivity index (χ0n) is 10.0. The van der Waals surface area contributed by atoms with Gasteiger partial charge in [0.25, 0.3) is 5.56 Å². The van der Waals surface area contributed by atoms with E-state index in [2.05, 4.69) is 16.9 Å². The smallest absolute Gasteiger partial charge is 0.343 e. The molecular weight excluding hydrogens is 220 g/mol. The summed E-state index contributed by atoms with van der Waals surface area (Å²) < 4.78 is 0. The Morgan fingerprint density at radius 2 is 2.00 bits per heavy atom. The Bertz CT molecular complexity index is 513. The van der Waals surface area contributed by atoms with Crippen molar-refractivity contribution in [3.05, 3.63) is 27.4 Å². The second kappa shape index (κ2) is 3.98. The van der Waals surface area contributed by atoms with E-state index in [1.54, 1.807) is 6.92 Å². The maximum atomic E-state index is 11.7. The van der Waals surface area contributed by atoms with Crippen molar-refractivity contribution in [2.24, 2.45) is 0 Å². The molecule has 2 N–H and O–H groups in total. The summed E-state index contributed by atoms with van der Waals surface area (Å²) in [7, 11) is 0. The molecule has 0 amide bonds. The quantitative estimate of drug-likeness (QED) is 0.817. The number of aromatic amines is 1. The number of nitrogens with one attached hydrogen (secondary N) is 1. The molecule has 1 aromatic heterocycles. The van der Waals surface area contributed by atoms with Gasteiger partial charge < -0.3 is 10.1 Å².